The van der Waals surface area contributed by atoms with Gasteiger partial charge in [-0.05, 0) is 43.5 Å². The molecule has 1 aromatic rings. The number of nitrogens with zero attached hydrogens (tertiary/aromatic N) is 1. The molecule has 1 N–H and O–H groups in total. The van der Waals surface area contributed by atoms with Gasteiger partial charge in [-0.15, -0.1) is 0 Å². The molecular weight excluding hydrogens is 278 g/mol. The first-order valence-corrected chi connectivity index (χ1v) is 8.38. The Balaban J connectivity index is 2.07. The Hall–Kier alpha value is -1.26. The quantitative estimate of drug-likeness (QED) is 0.841. The van der Waals surface area contributed by atoms with Gasteiger partial charge >= 0.3 is 0 Å². The largest absolute Gasteiger partial charge is 0.493 e. The number of ether oxygens (including phenoxy) is 2. The van der Waals surface area contributed by atoms with Crippen LogP contribution in [0.15, 0.2) is 18.2 Å². The Morgan fingerprint density at radius 2 is 2.09 bits per heavy atom. The van der Waals surface area contributed by atoms with E-state index in [4.69, 9.17) is 9.47 Å². The van der Waals surface area contributed by atoms with Crippen LogP contribution in [-0.4, -0.2) is 49.5 Å². The highest BCUT2D eigenvalue weighted by Gasteiger charge is 2.27. The Bertz CT molecular complexity index is 464. The molecule has 2 rings (SSSR count). The van der Waals surface area contributed by atoms with Crippen molar-refractivity contribution in [2.24, 2.45) is 5.92 Å². The zero-order chi connectivity index (χ0) is 15.9. The number of benzene rings is 1. The summed E-state index contributed by atoms with van der Waals surface area (Å²) in [7, 11) is 1.66. The second-order valence-corrected chi connectivity index (χ2v) is 6.05. The van der Waals surface area contributed by atoms with Crippen molar-refractivity contribution < 1.29 is 14.6 Å². The van der Waals surface area contributed by atoms with Gasteiger partial charge in [0.2, 0.25) is 0 Å². The topological polar surface area (TPSA) is 41.9 Å². The highest BCUT2D eigenvalue weighted by atomic mass is 16.5. The van der Waals surface area contributed by atoms with Gasteiger partial charge in [-0.1, -0.05) is 19.9 Å². The van der Waals surface area contributed by atoms with Gasteiger partial charge in [0.05, 0.1) is 19.8 Å². The fourth-order valence-electron chi connectivity index (χ4n) is 3.06. The van der Waals surface area contributed by atoms with Gasteiger partial charge in [0.15, 0.2) is 11.5 Å². The fourth-order valence-corrected chi connectivity index (χ4v) is 3.06. The summed E-state index contributed by atoms with van der Waals surface area (Å²) in [4.78, 5) is 2.41. The van der Waals surface area contributed by atoms with E-state index < -0.39 is 0 Å². The molecule has 0 amide bonds. The highest BCUT2D eigenvalue weighted by molar-refractivity contribution is 5.43. The Kier molecular flexibility index (Phi) is 6.52. The average Bonchev–Trinajstić information content (AvgIpc) is 2.55. The third kappa shape index (κ3) is 4.37. The standard InChI is InChI=1S/C18H29NO3/c1-4-10-22-18-12-14(6-7-17(18)21-3)11-15-13-19(5-2)9-8-16(15)20/h6-7,12,15-16,20H,4-5,8-11,13H2,1-3H3. The Labute approximate surface area is 134 Å². The zero-order valence-electron chi connectivity index (χ0n) is 14.0. The van der Waals surface area contributed by atoms with Crippen molar-refractivity contribution in [2.75, 3.05) is 33.4 Å². The molecule has 0 saturated carbocycles. The SMILES string of the molecule is CCCOc1cc(CC2CN(CC)CCC2O)ccc1OC. The number of likely N-dealkylation sites (tertiary alicyclic amines) is 1. The van der Waals surface area contributed by atoms with Crippen molar-refractivity contribution >= 4 is 0 Å². The first-order chi connectivity index (χ1) is 10.7. The molecule has 4 nitrogen and oxygen atoms in total. The molecule has 0 bridgehead atoms. The molecule has 22 heavy (non-hydrogen) atoms. The molecule has 1 saturated heterocycles. The maximum Gasteiger partial charge on any atom is 0.161 e. The van der Waals surface area contributed by atoms with Gasteiger partial charge in [-0.3, -0.25) is 0 Å². The summed E-state index contributed by atoms with van der Waals surface area (Å²) in [6.45, 7) is 7.98. The predicted octanol–water partition coefficient (Wildman–Crippen LogP) is 2.73. The minimum atomic E-state index is -0.204. The van der Waals surface area contributed by atoms with E-state index in [-0.39, 0.29) is 6.10 Å². The monoisotopic (exact) mass is 307 g/mol. The van der Waals surface area contributed by atoms with Crippen LogP contribution in [0.4, 0.5) is 0 Å². The van der Waals surface area contributed by atoms with Gasteiger partial charge in [0.25, 0.3) is 0 Å². The van der Waals surface area contributed by atoms with Crippen LogP contribution in [0.1, 0.15) is 32.3 Å². The van der Waals surface area contributed by atoms with Crippen molar-refractivity contribution in [1.29, 1.82) is 0 Å². The molecule has 0 radical (unpaired) electrons. The number of hydrogen-bond acceptors (Lipinski definition) is 4. The van der Waals surface area contributed by atoms with E-state index in [0.717, 1.165) is 50.4 Å². The minimum Gasteiger partial charge on any atom is -0.493 e. The van der Waals surface area contributed by atoms with Crippen LogP contribution in [-0.2, 0) is 6.42 Å². The maximum atomic E-state index is 10.3. The van der Waals surface area contributed by atoms with Crippen LogP contribution in [0.3, 0.4) is 0 Å². The van der Waals surface area contributed by atoms with E-state index >= 15 is 0 Å². The number of methoxy groups -OCH3 is 1. The summed E-state index contributed by atoms with van der Waals surface area (Å²) in [5.74, 6) is 1.87. The van der Waals surface area contributed by atoms with Gasteiger partial charge in [-0.25, -0.2) is 0 Å². The molecule has 124 valence electrons. The van der Waals surface area contributed by atoms with Crippen molar-refractivity contribution in [3.8, 4) is 11.5 Å². The van der Waals surface area contributed by atoms with Gasteiger partial charge in [0.1, 0.15) is 0 Å². The summed E-state index contributed by atoms with van der Waals surface area (Å²) in [5.41, 5.74) is 1.20. The molecular formula is C18H29NO3. The number of aliphatic hydroxyl groups excluding tert-OH is 1. The first-order valence-electron chi connectivity index (χ1n) is 8.38. The summed E-state index contributed by atoms with van der Waals surface area (Å²) in [6, 6.07) is 6.11. The third-order valence-corrected chi connectivity index (χ3v) is 4.41. The van der Waals surface area contributed by atoms with Gasteiger partial charge in [-0.2, -0.15) is 0 Å². The third-order valence-electron chi connectivity index (χ3n) is 4.41. The maximum absolute atomic E-state index is 10.3. The summed E-state index contributed by atoms with van der Waals surface area (Å²) in [5, 5.41) is 10.3. The van der Waals surface area contributed by atoms with E-state index in [1.165, 1.54) is 5.56 Å². The number of hydrogen-bond donors (Lipinski definition) is 1. The second kappa shape index (κ2) is 8.39. The lowest BCUT2D eigenvalue weighted by Gasteiger charge is -2.35. The molecule has 0 aromatic heterocycles. The molecule has 2 unspecified atom stereocenters. The predicted molar refractivity (Wildman–Crippen MR) is 88.7 cm³/mol. The number of piperidine rings is 1. The van der Waals surface area contributed by atoms with Gasteiger partial charge < -0.3 is 19.5 Å². The number of aliphatic hydroxyl groups is 1. The summed E-state index contributed by atoms with van der Waals surface area (Å²) in [6.07, 6.45) is 2.52. The molecule has 0 aliphatic carbocycles. The lowest BCUT2D eigenvalue weighted by Crippen LogP contribution is -2.43. The van der Waals surface area contributed by atoms with Crippen molar-refractivity contribution in [2.45, 2.75) is 39.2 Å². The number of rotatable bonds is 7. The summed E-state index contributed by atoms with van der Waals surface area (Å²) < 4.78 is 11.1. The molecule has 1 aliphatic rings. The highest BCUT2D eigenvalue weighted by Crippen LogP contribution is 2.30. The lowest BCUT2D eigenvalue weighted by atomic mass is 9.88. The van der Waals surface area contributed by atoms with Crippen LogP contribution in [0.5, 0.6) is 11.5 Å². The average molecular weight is 307 g/mol. The Morgan fingerprint density at radius 3 is 2.77 bits per heavy atom. The molecule has 0 spiro atoms. The zero-order valence-corrected chi connectivity index (χ0v) is 14.0. The van der Waals surface area contributed by atoms with E-state index in [1.807, 2.05) is 6.07 Å². The van der Waals surface area contributed by atoms with E-state index in [2.05, 4.69) is 30.9 Å². The second-order valence-electron chi connectivity index (χ2n) is 6.05. The van der Waals surface area contributed by atoms with Crippen molar-refractivity contribution in [3.05, 3.63) is 23.8 Å². The Morgan fingerprint density at radius 1 is 1.27 bits per heavy atom. The van der Waals surface area contributed by atoms with Crippen LogP contribution in [0, 0.1) is 5.92 Å². The van der Waals surface area contributed by atoms with E-state index in [0.29, 0.717) is 12.5 Å². The van der Waals surface area contributed by atoms with Gasteiger partial charge in [0, 0.05) is 19.0 Å². The summed E-state index contributed by atoms with van der Waals surface area (Å²) >= 11 is 0. The molecule has 1 fully saturated rings. The smallest absolute Gasteiger partial charge is 0.161 e. The van der Waals surface area contributed by atoms with Crippen molar-refractivity contribution in [1.82, 2.24) is 4.90 Å². The molecule has 4 heteroatoms. The van der Waals surface area contributed by atoms with Crippen LogP contribution < -0.4 is 9.47 Å². The molecule has 1 heterocycles. The van der Waals surface area contributed by atoms with Crippen LogP contribution in [0.2, 0.25) is 0 Å². The molecule has 1 aromatic carbocycles. The fraction of sp³-hybridized carbons (Fsp3) is 0.667. The van der Waals surface area contributed by atoms with E-state index in [1.54, 1.807) is 7.11 Å². The molecule has 2 atom stereocenters. The van der Waals surface area contributed by atoms with Crippen LogP contribution >= 0.6 is 0 Å². The van der Waals surface area contributed by atoms with E-state index in [9.17, 15) is 5.11 Å². The first kappa shape index (κ1) is 17.1. The normalized spacial score (nSPS) is 22.5. The molecule has 1 aliphatic heterocycles. The van der Waals surface area contributed by atoms with Crippen molar-refractivity contribution in [3.63, 3.8) is 0 Å². The minimum absolute atomic E-state index is 0.204. The van der Waals surface area contributed by atoms with Crippen LogP contribution in [0.25, 0.3) is 0 Å². The lowest BCUT2D eigenvalue weighted by molar-refractivity contribution is 0.0290.